The van der Waals surface area contributed by atoms with E-state index in [0.29, 0.717) is 16.8 Å². The zero-order valence-corrected chi connectivity index (χ0v) is 14.1. The van der Waals surface area contributed by atoms with Gasteiger partial charge in [-0.1, -0.05) is 53.7 Å². The van der Waals surface area contributed by atoms with Crippen LogP contribution in [0.3, 0.4) is 0 Å². The van der Waals surface area contributed by atoms with Crippen molar-refractivity contribution in [2.75, 3.05) is 5.73 Å². The fourth-order valence-electron chi connectivity index (χ4n) is 2.96. The fraction of sp³-hybridized carbons (Fsp3) is 0.100. The molecule has 0 fully saturated rings. The van der Waals surface area contributed by atoms with Gasteiger partial charge in [0.15, 0.2) is 0 Å². The minimum Gasteiger partial charge on any atom is -0.464 e. The summed E-state index contributed by atoms with van der Waals surface area (Å²) in [7, 11) is 0. The molecule has 1 unspecified atom stereocenters. The number of aromatic nitrogens is 1. The molecule has 4 rings (SSSR count). The van der Waals surface area contributed by atoms with Crippen LogP contribution in [0.4, 0.5) is 5.88 Å². The molecule has 6 heteroatoms. The number of rotatable bonds is 4. The third-order valence-electron chi connectivity index (χ3n) is 4.33. The largest absolute Gasteiger partial charge is 0.464 e. The van der Waals surface area contributed by atoms with Crippen molar-refractivity contribution in [1.82, 2.24) is 10.5 Å². The Morgan fingerprint density at radius 2 is 1.85 bits per heavy atom. The number of amides is 1. The minimum absolute atomic E-state index is 0.0250. The molecule has 0 saturated carbocycles. The van der Waals surface area contributed by atoms with Crippen LogP contribution in [0, 0.1) is 0 Å². The first kappa shape index (κ1) is 16.0. The van der Waals surface area contributed by atoms with Crippen LogP contribution in [-0.4, -0.2) is 11.1 Å². The lowest BCUT2D eigenvalue weighted by Gasteiger charge is -2.14. The number of anilines is 1. The highest BCUT2D eigenvalue weighted by atomic mass is 16.5. The smallest absolute Gasteiger partial charge is 0.259 e. The van der Waals surface area contributed by atoms with Gasteiger partial charge >= 0.3 is 0 Å². The van der Waals surface area contributed by atoms with Gasteiger partial charge in [-0.25, -0.2) is 0 Å². The molecule has 0 aliphatic heterocycles. The molecule has 0 radical (unpaired) electrons. The van der Waals surface area contributed by atoms with Crippen LogP contribution in [0.5, 0.6) is 0 Å². The second kappa shape index (κ2) is 6.40. The van der Waals surface area contributed by atoms with Gasteiger partial charge < -0.3 is 20.0 Å². The number of para-hydroxylation sites is 1. The maximum absolute atomic E-state index is 12.8. The molecule has 4 aromatic rings. The number of nitrogen functional groups attached to an aromatic ring is 1. The Morgan fingerprint density at radius 3 is 2.65 bits per heavy atom. The first-order chi connectivity index (χ1) is 12.6. The van der Waals surface area contributed by atoms with Gasteiger partial charge in [0.25, 0.3) is 5.91 Å². The van der Waals surface area contributed by atoms with E-state index in [1.54, 1.807) is 6.26 Å². The molecular formula is C20H17N3O3. The van der Waals surface area contributed by atoms with Gasteiger partial charge in [0.1, 0.15) is 23.1 Å². The molecular weight excluding hydrogens is 330 g/mol. The van der Waals surface area contributed by atoms with E-state index in [2.05, 4.69) is 10.5 Å². The van der Waals surface area contributed by atoms with E-state index in [1.807, 2.05) is 61.5 Å². The van der Waals surface area contributed by atoms with Crippen molar-refractivity contribution in [2.45, 2.75) is 13.0 Å². The molecule has 0 saturated heterocycles. The van der Waals surface area contributed by atoms with E-state index in [0.717, 1.165) is 10.9 Å². The monoisotopic (exact) mass is 347 g/mol. The van der Waals surface area contributed by atoms with Crippen molar-refractivity contribution < 1.29 is 13.7 Å². The Kier molecular flexibility index (Phi) is 3.93. The lowest BCUT2D eigenvalue weighted by atomic mass is 10.0. The summed E-state index contributed by atoms with van der Waals surface area (Å²) in [6.07, 6.45) is 1.55. The zero-order valence-electron chi connectivity index (χ0n) is 14.1. The number of furan rings is 1. The zero-order chi connectivity index (χ0) is 18.1. The summed E-state index contributed by atoms with van der Waals surface area (Å²) in [6.45, 7) is 1.91. The maximum Gasteiger partial charge on any atom is 0.259 e. The van der Waals surface area contributed by atoms with E-state index < -0.39 is 0 Å². The van der Waals surface area contributed by atoms with Crippen molar-refractivity contribution in [3.63, 3.8) is 0 Å². The van der Waals surface area contributed by atoms with Gasteiger partial charge in [0.05, 0.1) is 11.6 Å². The molecule has 0 aliphatic rings. The number of nitrogens with zero attached hydrogens (tertiary/aromatic N) is 1. The van der Waals surface area contributed by atoms with Crippen molar-refractivity contribution in [2.24, 2.45) is 0 Å². The molecule has 2 aromatic carbocycles. The van der Waals surface area contributed by atoms with Crippen LogP contribution >= 0.6 is 0 Å². The molecule has 0 bridgehead atoms. The molecule has 1 amide bonds. The SMILES string of the molecule is CC(NC(=O)c1c(-c2coc3ccccc23)noc1N)c1ccccc1. The number of benzene rings is 2. The van der Waals surface area contributed by atoms with Crippen molar-refractivity contribution >= 4 is 22.8 Å². The van der Waals surface area contributed by atoms with Crippen LogP contribution in [0.1, 0.15) is 28.9 Å². The van der Waals surface area contributed by atoms with Gasteiger partial charge in [-0.15, -0.1) is 0 Å². The maximum atomic E-state index is 12.8. The second-order valence-corrected chi connectivity index (χ2v) is 6.02. The Labute approximate surface area is 149 Å². The number of hydrogen-bond donors (Lipinski definition) is 2. The van der Waals surface area contributed by atoms with Gasteiger partial charge in [-0.05, 0) is 18.6 Å². The third-order valence-corrected chi connectivity index (χ3v) is 4.33. The van der Waals surface area contributed by atoms with E-state index in [1.165, 1.54) is 0 Å². The summed E-state index contributed by atoms with van der Waals surface area (Å²) in [5.41, 5.74) is 8.82. The Morgan fingerprint density at radius 1 is 1.12 bits per heavy atom. The molecule has 26 heavy (non-hydrogen) atoms. The van der Waals surface area contributed by atoms with Gasteiger partial charge in [-0.3, -0.25) is 4.79 Å². The quantitative estimate of drug-likeness (QED) is 0.578. The second-order valence-electron chi connectivity index (χ2n) is 6.02. The Hall–Kier alpha value is -3.54. The Balaban J connectivity index is 1.69. The normalized spacial score (nSPS) is 12.2. The molecule has 0 spiro atoms. The first-order valence-corrected chi connectivity index (χ1v) is 8.22. The lowest BCUT2D eigenvalue weighted by molar-refractivity contribution is 0.0941. The fourth-order valence-corrected chi connectivity index (χ4v) is 2.96. The van der Waals surface area contributed by atoms with Crippen molar-refractivity contribution in [1.29, 1.82) is 0 Å². The topological polar surface area (TPSA) is 94.3 Å². The summed E-state index contributed by atoms with van der Waals surface area (Å²) in [5.74, 6) is -0.372. The van der Waals surface area contributed by atoms with Crippen LogP contribution in [0.2, 0.25) is 0 Å². The summed E-state index contributed by atoms with van der Waals surface area (Å²) in [4.78, 5) is 12.8. The molecule has 1 atom stereocenters. The van der Waals surface area contributed by atoms with Gasteiger partial charge in [-0.2, -0.15) is 0 Å². The molecule has 0 aliphatic carbocycles. The Bertz CT molecular complexity index is 1070. The van der Waals surface area contributed by atoms with Crippen LogP contribution in [0.25, 0.3) is 22.2 Å². The summed E-state index contributed by atoms with van der Waals surface area (Å²) in [6, 6.07) is 17.0. The van der Waals surface area contributed by atoms with E-state index in [-0.39, 0.29) is 23.4 Å². The first-order valence-electron chi connectivity index (χ1n) is 8.22. The number of nitrogens with one attached hydrogen (secondary N) is 1. The predicted molar refractivity (Wildman–Crippen MR) is 98.4 cm³/mol. The number of carbonyl (C=O) groups excluding carboxylic acids is 1. The van der Waals surface area contributed by atoms with Crippen molar-refractivity contribution in [3.8, 4) is 11.3 Å². The highest BCUT2D eigenvalue weighted by Gasteiger charge is 2.26. The number of fused-ring (bicyclic) bond motifs is 1. The van der Waals surface area contributed by atoms with Crippen LogP contribution in [0.15, 0.2) is 69.8 Å². The van der Waals surface area contributed by atoms with E-state index in [9.17, 15) is 4.79 Å². The number of hydrogen-bond acceptors (Lipinski definition) is 5. The van der Waals surface area contributed by atoms with E-state index in [4.69, 9.17) is 14.7 Å². The molecule has 2 heterocycles. The molecule has 2 aromatic heterocycles. The summed E-state index contributed by atoms with van der Waals surface area (Å²) in [5, 5.41) is 7.77. The predicted octanol–water partition coefficient (Wildman–Crippen LogP) is 4.16. The minimum atomic E-state index is -0.347. The molecule has 3 N–H and O–H groups in total. The van der Waals surface area contributed by atoms with Crippen LogP contribution < -0.4 is 11.1 Å². The number of carbonyl (C=O) groups is 1. The lowest BCUT2D eigenvalue weighted by Crippen LogP contribution is -2.27. The van der Waals surface area contributed by atoms with Crippen LogP contribution in [-0.2, 0) is 0 Å². The van der Waals surface area contributed by atoms with Gasteiger partial charge in [0, 0.05) is 5.39 Å². The highest BCUT2D eigenvalue weighted by Crippen LogP contribution is 2.34. The highest BCUT2D eigenvalue weighted by molar-refractivity contribution is 6.07. The molecule has 130 valence electrons. The molecule has 6 nitrogen and oxygen atoms in total. The third kappa shape index (κ3) is 2.71. The average Bonchev–Trinajstić information content (AvgIpc) is 3.25. The standard InChI is InChI=1S/C20H17N3O3/c1-12(13-7-3-2-4-8-13)22-20(24)17-18(23-26-19(17)21)15-11-25-16-10-6-5-9-14(15)16/h2-12H,21H2,1H3,(H,22,24). The average molecular weight is 347 g/mol. The van der Waals surface area contributed by atoms with E-state index >= 15 is 0 Å². The number of nitrogens with two attached hydrogens (primary N) is 1. The summed E-state index contributed by atoms with van der Waals surface area (Å²) < 4.78 is 10.6. The van der Waals surface area contributed by atoms with Crippen molar-refractivity contribution in [3.05, 3.63) is 72.0 Å². The van der Waals surface area contributed by atoms with Gasteiger partial charge in [0.2, 0.25) is 5.88 Å². The summed E-state index contributed by atoms with van der Waals surface area (Å²) >= 11 is 0.